The third kappa shape index (κ3) is 2.57. The molecule has 0 radical (unpaired) electrons. The van der Waals surface area contributed by atoms with Gasteiger partial charge in [0.25, 0.3) is 0 Å². The van der Waals surface area contributed by atoms with Gasteiger partial charge in [0.2, 0.25) is 5.91 Å². The highest BCUT2D eigenvalue weighted by molar-refractivity contribution is 6.30. The van der Waals surface area contributed by atoms with Crippen LogP contribution in [0.1, 0.15) is 25.3 Å². The van der Waals surface area contributed by atoms with Crippen LogP contribution in [0.4, 0.5) is 0 Å². The summed E-state index contributed by atoms with van der Waals surface area (Å²) in [5.74, 6) is 1.03. The lowest BCUT2D eigenvalue weighted by Crippen LogP contribution is -2.54. The lowest BCUT2D eigenvalue weighted by atomic mass is 9.78. The number of amides is 1. The van der Waals surface area contributed by atoms with Crippen molar-refractivity contribution < 1.29 is 9.53 Å². The van der Waals surface area contributed by atoms with Gasteiger partial charge in [-0.25, -0.2) is 0 Å². The summed E-state index contributed by atoms with van der Waals surface area (Å²) >= 11 is 6.06. The van der Waals surface area contributed by atoms with Crippen LogP contribution in [0.3, 0.4) is 0 Å². The molecule has 1 amide bonds. The minimum absolute atomic E-state index is 0.100. The number of benzene rings is 1. The number of hydrogen-bond acceptors (Lipinski definition) is 2. The van der Waals surface area contributed by atoms with E-state index >= 15 is 0 Å². The number of halogens is 1. The van der Waals surface area contributed by atoms with Crippen LogP contribution in [0, 0.1) is 11.8 Å². The van der Waals surface area contributed by atoms with Gasteiger partial charge in [0, 0.05) is 17.5 Å². The summed E-state index contributed by atoms with van der Waals surface area (Å²) in [6.07, 6.45) is 2.14. The number of carbonyl (C=O) groups excluding carboxylic acids is 1. The molecule has 4 heteroatoms. The molecule has 2 fully saturated rings. The molecular weight excluding hydrogens is 274 g/mol. The van der Waals surface area contributed by atoms with Crippen LogP contribution in [0.15, 0.2) is 24.3 Å². The molecule has 1 N–H and O–H groups in total. The second-order valence-electron chi connectivity index (χ2n) is 6.01. The molecule has 2 aliphatic rings. The predicted octanol–water partition coefficient (Wildman–Crippen LogP) is 2.77. The zero-order valence-electron chi connectivity index (χ0n) is 11.7. The van der Waals surface area contributed by atoms with Gasteiger partial charge in [-0.15, -0.1) is 0 Å². The Morgan fingerprint density at radius 2 is 2.30 bits per heavy atom. The highest BCUT2D eigenvalue weighted by atomic mass is 35.5. The second kappa shape index (κ2) is 5.38. The van der Waals surface area contributed by atoms with Crippen molar-refractivity contribution in [2.45, 2.75) is 25.2 Å². The van der Waals surface area contributed by atoms with E-state index in [1.807, 2.05) is 18.2 Å². The molecule has 1 aromatic carbocycles. The number of nitrogens with one attached hydrogen (secondary N) is 1. The molecule has 1 aromatic rings. The van der Waals surface area contributed by atoms with Gasteiger partial charge in [-0.1, -0.05) is 37.1 Å². The van der Waals surface area contributed by atoms with Gasteiger partial charge >= 0.3 is 0 Å². The SMILES string of the molecule is CC[C@H]1C[C@@H]1C(=O)NCC1(c2cccc(Cl)c2)COC1. The van der Waals surface area contributed by atoms with Crippen LogP contribution in [0.2, 0.25) is 5.02 Å². The molecular formula is C16H20ClNO2. The van der Waals surface area contributed by atoms with Gasteiger partial charge in [-0.2, -0.15) is 0 Å². The van der Waals surface area contributed by atoms with Gasteiger partial charge in [0.15, 0.2) is 0 Å². The summed E-state index contributed by atoms with van der Waals surface area (Å²) < 4.78 is 5.39. The lowest BCUT2D eigenvalue weighted by Gasteiger charge is -2.42. The fraction of sp³-hybridized carbons (Fsp3) is 0.562. The Bertz CT molecular complexity index is 513. The molecule has 1 aliphatic carbocycles. The first-order valence-corrected chi connectivity index (χ1v) is 7.64. The van der Waals surface area contributed by atoms with Crippen LogP contribution in [-0.2, 0) is 14.9 Å². The number of rotatable bonds is 5. The Morgan fingerprint density at radius 3 is 2.85 bits per heavy atom. The molecule has 1 heterocycles. The van der Waals surface area contributed by atoms with E-state index in [1.165, 1.54) is 0 Å². The van der Waals surface area contributed by atoms with Crippen molar-refractivity contribution in [3.05, 3.63) is 34.9 Å². The van der Waals surface area contributed by atoms with E-state index in [0.29, 0.717) is 25.7 Å². The fourth-order valence-corrected chi connectivity index (χ4v) is 3.14. The third-order valence-corrected chi connectivity index (χ3v) is 4.81. The quantitative estimate of drug-likeness (QED) is 0.906. The van der Waals surface area contributed by atoms with Crippen LogP contribution in [-0.4, -0.2) is 25.7 Å². The zero-order chi connectivity index (χ0) is 14.2. The van der Waals surface area contributed by atoms with Crippen molar-refractivity contribution in [3.63, 3.8) is 0 Å². The average molecular weight is 294 g/mol. The topological polar surface area (TPSA) is 38.3 Å². The lowest BCUT2D eigenvalue weighted by molar-refractivity contribution is -0.124. The Morgan fingerprint density at radius 1 is 1.50 bits per heavy atom. The largest absolute Gasteiger partial charge is 0.379 e. The van der Waals surface area contributed by atoms with Crippen molar-refractivity contribution in [3.8, 4) is 0 Å². The normalized spacial score (nSPS) is 26.7. The van der Waals surface area contributed by atoms with E-state index in [2.05, 4.69) is 18.3 Å². The maximum atomic E-state index is 12.1. The van der Waals surface area contributed by atoms with Crippen molar-refractivity contribution >= 4 is 17.5 Å². The van der Waals surface area contributed by atoms with Gasteiger partial charge in [-0.05, 0) is 30.0 Å². The van der Waals surface area contributed by atoms with Crippen LogP contribution in [0.5, 0.6) is 0 Å². The first-order valence-electron chi connectivity index (χ1n) is 7.26. The highest BCUT2D eigenvalue weighted by Crippen LogP contribution is 2.41. The van der Waals surface area contributed by atoms with E-state index in [9.17, 15) is 4.79 Å². The van der Waals surface area contributed by atoms with Crippen molar-refractivity contribution in [1.82, 2.24) is 5.32 Å². The molecule has 3 rings (SSSR count). The summed E-state index contributed by atoms with van der Waals surface area (Å²) in [5, 5.41) is 3.84. The Kier molecular flexibility index (Phi) is 3.74. The number of carbonyl (C=O) groups is 1. The Balaban J connectivity index is 1.64. The van der Waals surface area contributed by atoms with Crippen LogP contribution >= 0.6 is 11.6 Å². The first kappa shape index (κ1) is 13.9. The molecule has 0 bridgehead atoms. The van der Waals surface area contributed by atoms with E-state index in [1.54, 1.807) is 0 Å². The smallest absolute Gasteiger partial charge is 0.223 e. The van der Waals surface area contributed by atoms with Crippen LogP contribution < -0.4 is 5.32 Å². The molecule has 0 aromatic heterocycles. The molecule has 0 unspecified atom stereocenters. The zero-order valence-corrected chi connectivity index (χ0v) is 12.5. The average Bonchev–Trinajstić information content (AvgIpc) is 3.17. The number of ether oxygens (including phenoxy) is 1. The summed E-state index contributed by atoms with van der Waals surface area (Å²) in [7, 11) is 0. The van der Waals surface area contributed by atoms with Gasteiger partial charge < -0.3 is 10.1 Å². The van der Waals surface area contributed by atoms with Crippen molar-refractivity contribution in [2.24, 2.45) is 11.8 Å². The maximum Gasteiger partial charge on any atom is 0.223 e. The standard InChI is InChI=1S/C16H20ClNO2/c1-2-11-6-14(11)15(19)18-8-16(9-20-10-16)12-4-3-5-13(17)7-12/h3-5,7,11,14H,2,6,8-10H2,1H3,(H,18,19)/t11-,14-/m0/s1. The summed E-state index contributed by atoms with van der Waals surface area (Å²) in [6.45, 7) is 4.08. The molecule has 1 saturated carbocycles. The summed E-state index contributed by atoms with van der Waals surface area (Å²) in [6, 6.07) is 7.86. The molecule has 2 atom stereocenters. The molecule has 1 saturated heterocycles. The molecule has 3 nitrogen and oxygen atoms in total. The molecule has 108 valence electrons. The van der Waals surface area contributed by atoms with Crippen molar-refractivity contribution in [1.29, 1.82) is 0 Å². The minimum Gasteiger partial charge on any atom is -0.379 e. The number of hydrogen-bond donors (Lipinski definition) is 1. The van der Waals surface area contributed by atoms with Crippen molar-refractivity contribution in [2.75, 3.05) is 19.8 Å². The highest BCUT2D eigenvalue weighted by Gasteiger charge is 2.44. The monoisotopic (exact) mass is 293 g/mol. The van der Waals surface area contributed by atoms with E-state index in [0.717, 1.165) is 23.4 Å². The molecule has 0 spiro atoms. The summed E-state index contributed by atoms with van der Waals surface area (Å²) in [5.41, 5.74) is 1.05. The summed E-state index contributed by atoms with van der Waals surface area (Å²) in [4.78, 5) is 12.1. The van der Waals surface area contributed by atoms with Crippen LogP contribution in [0.25, 0.3) is 0 Å². The first-order chi connectivity index (χ1) is 9.64. The fourth-order valence-electron chi connectivity index (χ4n) is 2.94. The Labute approximate surface area is 124 Å². The molecule has 1 aliphatic heterocycles. The minimum atomic E-state index is -0.100. The third-order valence-electron chi connectivity index (χ3n) is 4.58. The molecule has 20 heavy (non-hydrogen) atoms. The van der Waals surface area contributed by atoms with Gasteiger partial charge in [-0.3, -0.25) is 4.79 Å². The second-order valence-corrected chi connectivity index (χ2v) is 6.45. The predicted molar refractivity (Wildman–Crippen MR) is 78.8 cm³/mol. The van der Waals surface area contributed by atoms with Gasteiger partial charge in [0.05, 0.1) is 18.6 Å². The Hall–Kier alpha value is -1.06. The van der Waals surface area contributed by atoms with Gasteiger partial charge in [0.1, 0.15) is 0 Å². The van der Waals surface area contributed by atoms with E-state index in [-0.39, 0.29) is 17.2 Å². The van der Waals surface area contributed by atoms with E-state index in [4.69, 9.17) is 16.3 Å². The maximum absolute atomic E-state index is 12.1. The van der Waals surface area contributed by atoms with E-state index < -0.39 is 0 Å².